The van der Waals surface area contributed by atoms with Crippen LogP contribution >= 0.6 is 0 Å². The number of ether oxygens (including phenoxy) is 1. The molecule has 0 amide bonds. The van der Waals surface area contributed by atoms with Gasteiger partial charge in [0, 0.05) is 6.54 Å². The van der Waals surface area contributed by atoms with Gasteiger partial charge in [-0.3, -0.25) is 5.10 Å². The number of aromatic amines is 1. The topological polar surface area (TPSA) is 101 Å². The lowest BCUT2D eigenvalue weighted by Crippen LogP contribution is -2.23. The van der Waals surface area contributed by atoms with Gasteiger partial charge in [-0.05, 0) is 23.8 Å². The summed E-state index contributed by atoms with van der Waals surface area (Å²) < 4.78 is 30.7. The molecule has 0 spiro atoms. The molecule has 1 heterocycles. The van der Waals surface area contributed by atoms with E-state index in [-0.39, 0.29) is 11.6 Å². The molecular weight excluding hydrogens is 282 g/mol. The van der Waals surface area contributed by atoms with Gasteiger partial charge in [0.2, 0.25) is 0 Å². The summed E-state index contributed by atoms with van der Waals surface area (Å²) in [4.78, 5) is 11.3. The molecule has 0 saturated heterocycles. The SMILES string of the molecule is COC(=O)c1ccc(CNS(=O)(=O)c2ccn[nH]2)cc1. The zero-order chi connectivity index (χ0) is 14.6. The number of rotatable bonds is 5. The van der Waals surface area contributed by atoms with Crippen LogP contribution in [0.5, 0.6) is 0 Å². The highest BCUT2D eigenvalue weighted by Crippen LogP contribution is 2.08. The Hall–Kier alpha value is -2.19. The van der Waals surface area contributed by atoms with E-state index >= 15 is 0 Å². The largest absolute Gasteiger partial charge is 0.465 e. The number of carbonyl (C=O) groups excluding carboxylic acids is 1. The van der Waals surface area contributed by atoms with Gasteiger partial charge in [-0.15, -0.1) is 0 Å². The lowest BCUT2D eigenvalue weighted by atomic mass is 10.1. The van der Waals surface area contributed by atoms with E-state index < -0.39 is 16.0 Å². The number of hydrogen-bond donors (Lipinski definition) is 2. The van der Waals surface area contributed by atoms with Crippen LogP contribution in [0.3, 0.4) is 0 Å². The van der Waals surface area contributed by atoms with Crippen molar-refractivity contribution >= 4 is 16.0 Å². The predicted octanol–water partition coefficient (Wildman–Crippen LogP) is 0.675. The van der Waals surface area contributed by atoms with Crippen LogP contribution in [0, 0.1) is 0 Å². The lowest BCUT2D eigenvalue weighted by molar-refractivity contribution is 0.0600. The van der Waals surface area contributed by atoms with Gasteiger partial charge in [-0.25, -0.2) is 17.9 Å². The molecule has 1 aromatic carbocycles. The molecule has 0 aliphatic carbocycles. The van der Waals surface area contributed by atoms with Crippen LogP contribution in [0.4, 0.5) is 0 Å². The summed E-state index contributed by atoms with van der Waals surface area (Å²) in [5.41, 5.74) is 1.13. The molecule has 0 bridgehead atoms. The van der Waals surface area contributed by atoms with Crippen molar-refractivity contribution < 1.29 is 17.9 Å². The Morgan fingerprint density at radius 2 is 2.00 bits per heavy atom. The van der Waals surface area contributed by atoms with E-state index in [0.29, 0.717) is 5.56 Å². The van der Waals surface area contributed by atoms with Crippen molar-refractivity contribution in [2.75, 3.05) is 7.11 Å². The van der Waals surface area contributed by atoms with E-state index in [2.05, 4.69) is 19.7 Å². The fraction of sp³-hybridized carbons (Fsp3) is 0.167. The van der Waals surface area contributed by atoms with Gasteiger partial charge < -0.3 is 4.74 Å². The molecule has 0 radical (unpaired) electrons. The van der Waals surface area contributed by atoms with Crippen molar-refractivity contribution in [2.24, 2.45) is 0 Å². The zero-order valence-corrected chi connectivity index (χ0v) is 11.5. The summed E-state index contributed by atoms with van der Waals surface area (Å²) in [5, 5.41) is 5.98. The molecule has 20 heavy (non-hydrogen) atoms. The van der Waals surface area contributed by atoms with E-state index in [1.807, 2.05) is 0 Å². The highest BCUT2D eigenvalue weighted by molar-refractivity contribution is 7.89. The summed E-state index contributed by atoms with van der Waals surface area (Å²) in [7, 11) is -2.31. The van der Waals surface area contributed by atoms with Crippen LogP contribution in [0.25, 0.3) is 0 Å². The van der Waals surface area contributed by atoms with Crippen molar-refractivity contribution in [1.82, 2.24) is 14.9 Å². The maximum absolute atomic E-state index is 11.8. The summed E-state index contributed by atoms with van der Waals surface area (Å²) in [5.74, 6) is -0.436. The molecule has 0 saturated carbocycles. The Labute approximate surface area is 116 Å². The van der Waals surface area contributed by atoms with E-state index in [9.17, 15) is 13.2 Å². The van der Waals surface area contributed by atoms with Crippen molar-refractivity contribution in [3.05, 3.63) is 47.7 Å². The monoisotopic (exact) mass is 295 g/mol. The van der Waals surface area contributed by atoms with Crippen molar-refractivity contribution in [2.45, 2.75) is 11.6 Å². The second-order valence-corrected chi connectivity index (χ2v) is 5.67. The van der Waals surface area contributed by atoms with Gasteiger partial charge in [-0.1, -0.05) is 12.1 Å². The highest BCUT2D eigenvalue weighted by Gasteiger charge is 2.14. The Morgan fingerprint density at radius 1 is 1.30 bits per heavy atom. The minimum atomic E-state index is -3.61. The minimum absolute atomic E-state index is 0.00341. The molecule has 0 aliphatic heterocycles. The first kappa shape index (κ1) is 14.2. The molecule has 0 fully saturated rings. The smallest absolute Gasteiger partial charge is 0.337 e. The Morgan fingerprint density at radius 3 is 2.55 bits per heavy atom. The fourth-order valence-corrected chi connectivity index (χ4v) is 2.45. The van der Waals surface area contributed by atoms with Crippen LogP contribution in [0.15, 0.2) is 41.6 Å². The molecule has 0 atom stereocenters. The highest BCUT2D eigenvalue weighted by atomic mass is 32.2. The number of methoxy groups -OCH3 is 1. The molecule has 1 aromatic heterocycles. The third kappa shape index (κ3) is 3.22. The van der Waals surface area contributed by atoms with E-state index in [1.165, 1.54) is 19.4 Å². The average molecular weight is 295 g/mol. The second-order valence-electron chi connectivity index (χ2n) is 3.93. The summed E-state index contributed by atoms with van der Waals surface area (Å²) in [6.45, 7) is 0.114. The number of hydrogen-bond acceptors (Lipinski definition) is 5. The zero-order valence-electron chi connectivity index (χ0n) is 10.7. The van der Waals surface area contributed by atoms with Crippen LogP contribution < -0.4 is 4.72 Å². The Kier molecular flexibility index (Phi) is 4.16. The van der Waals surface area contributed by atoms with Crippen LogP contribution in [-0.2, 0) is 21.3 Å². The average Bonchev–Trinajstić information content (AvgIpc) is 3.00. The Balaban J connectivity index is 2.03. The van der Waals surface area contributed by atoms with Gasteiger partial charge in [0.1, 0.15) is 0 Å². The summed E-state index contributed by atoms with van der Waals surface area (Å²) >= 11 is 0. The molecule has 8 heteroatoms. The Bertz CT molecular complexity index is 678. The van der Waals surface area contributed by atoms with E-state index in [1.54, 1.807) is 24.3 Å². The van der Waals surface area contributed by atoms with Gasteiger partial charge in [0.05, 0.1) is 18.9 Å². The van der Waals surface area contributed by atoms with Crippen LogP contribution in [-0.4, -0.2) is 31.7 Å². The molecule has 2 N–H and O–H groups in total. The molecule has 2 rings (SSSR count). The summed E-state index contributed by atoms with van der Waals surface area (Å²) in [6, 6.07) is 7.82. The van der Waals surface area contributed by atoms with E-state index in [0.717, 1.165) is 5.56 Å². The minimum Gasteiger partial charge on any atom is -0.465 e. The number of benzene rings is 1. The first-order valence-corrected chi connectivity index (χ1v) is 7.17. The molecule has 2 aromatic rings. The van der Waals surface area contributed by atoms with Crippen LogP contribution in [0.2, 0.25) is 0 Å². The number of nitrogens with zero attached hydrogens (tertiary/aromatic N) is 1. The molecule has 7 nitrogen and oxygen atoms in total. The first-order valence-electron chi connectivity index (χ1n) is 5.69. The third-order valence-corrected chi connectivity index (χ3v) is 3.94. The van der Waals surface area contributed by atoms with Crippen LogP contribution in [0.1, 0.15) is 15.9 Å². The van der Waals surface area contributed by atoms with Crippen molar-refractivity contribution in [3.63, 3.8) is 0 Å². The van der Waals surface area contributed by atoms with Crippen molar-refractivity contribution in [1.29, 1.82) is 0 Å². The normalized spacial score (nSPS) is 11.2. The molecule has 106 valence electrons. The standard InChI is InChI=1S/C12H13N3O4S/c1-19-12(16)10-4-2-9(3-5-10)8-14-20(17,18)11-6-7-13-15-11/h2-7,14H,8H2,1H3,(H,13,15). The number of aromatic nitrogens is 2. The van der Waals surface area contributed by atoms with Gasteiger partial charge in [0.25, 0.3) is 10.0 Å². The lowest BCUT2D eigenvalue weighted by Gasteiger charge is -2.05. The van der Waals surface area contributed by atoms with Gasteiger partial charge >= 0.3 is 5.97 Å². The summed E-state index contributed by atoms with van der Waals surface area (Å²) in [6.07, 6.45) is 1.36. The maximum Gasteiger partial charge on any atom is 0.337 e. The number of sulfonamides is 1. The first-order chi connectivity index (χ1) is 9.53. The molecule has 0 aliphatic rings. The van der Waals surface area contributed by atoms with E-state index in [4.69, 9.17) is 0 Å². The number of carbonyl (C=O) groups is 1. The quantitative estimate of drug-likeness (QED) is 0.790. The van der Waals surface area contributed by atoms with Crippen molar-refractivity contribution in [3.8, 4) is 0 Å². The molecular formula is C12H13N3O4S. The third-order valence-electron chi connectivity index (χ3n) is 2.61. The van der Waals surface area contributed by atoms with Gasteiger partial charge in [0.15, 0.2) is 5.03 Å². The number of nitrogens with one attached hydrogen (secondary N) is 2. The predicted molar refractivity (Wildman–Crippen MR) is 70.4 cm³/mol. The second kappa shape index (κ2) is 5.85. The fourth-order valence-electron chi connectivity index (χ4n) is 1.53. The van der Waals surface area contributed by atoms with Gasteiger partial charge in [-0.2, -0.15) is 5.10 Å². The maximum atomic E-state index is 11.8. The number of esters is 1. The molecule has 0 unspecified atom stereocenters. The number of H-pyrrole nitrogens is 1.